The van der Waals surface area contributed by atoms with Gasteiger partial charge in [-0.2, -0.15) is 0 Å². The van der Waals surface area contributed by atoms with E-state index in [1.165, 1.54) is 38.2 Å². The number of para-hydroxylation sites is 4. The molecule has 0 aliphatic heterocycles. The van der Waals surface area contributed by atoms with Gasteiger partial charge in [-0.15, -0.1) is 0 Å². The third kappa shape index (κ3) is 6.22. The predicted octanol–water partition coefficient (Wildman–Crippen LogP) is 15.0. The first kappa shape index (κ1) is 36.1. The van der Waals surface area contributed by atoms with Crippen molar-refractivity contribution in [2.45, 2.75) is 25.2 Å². The monoisotopic (exact) mass is 794 g/mol. The molecule has 294 valence electrons. The van der Waals surface area contributed by atoms with Gasteiger partial charge in [0.05, 0.1) is 33.5 Å². The average Bonchev–Trinajstić information content (AvgIpc) is 3.88. The van der Waals surface area contributed by atoms with E-state index < -0.39 is 0 Å². The summed E-state index contributed by atoms with van der Waals surface area (Å²) in [7, 11) is 0. The zero-order chi connectivity index (χ0) is 41.0. The zero-order valence-corrected chi connectivity index (χ0v) is 34.2. The van der Waals surface area contributed by atoms with E-state index in [-0.39, 0.29) is 0 Å². The Balaban J connectivity index is 1.13. The van der Waals surface area contributed by atoms with Crippen molar-refractivity contribution in [1.82, 2.24) is 19.1 Å². The second-order valence-corrected chi connectivity index (χ2v) is 16.5. The highest BCUT2D eigenvalue weighted by molar-refractivity contribution is 6.10. The van der Waals surface area contributed by atoms with Crippen molar-refractivity contribution in [2.24, 2.45) is 0 Å². The van der Waals surface area contributed by atoms with Crippen LogP contribution in [0.2, 0.25) is 0 Å². The lowest BCUT2D eigenvalue weighted by Crippen LogP contribution is -2.02. The Bertz CT molecular complexity index is 3280. The van der Waals surface area contributed by atoms with Gasteiger partial charge in [0.2, 0.25) is 0 Å². The van der Waals surface area contributed by atoms with Crippen LogP contribution in [0.4, 0.5) is 0 Å². The molecule has 62 heavy (non-hydrogen) atoms. The second-order valence-electron chi connectivity index (χ2n) is 16.5. The highest BCUT2D eigenvalue weighted by Crippen LogP contribution is 2.39. The molecule has 0 amide bonds. The molecule has 0 radical (unpaired) electrons. The van der Waals surface area contributed by atoms with Crippen molar-refractivity contribution in [3.63, 3.8) is 0 Å². The number of allylic oxidation sites excluding steroid dienone is 8. The number of benzene rings is 7. The molecule has 2 aliphatic carbocycles. The summed E-state index contributed by atoms with van der Waals surface area (Å²) < 4.78 is 4.83. The third-order valence-electron chi connectivity index (χ3n) is 12.7. The summed E-state index contributed by atoms with van der Waals surface area (Å²) in [5.41, 5.74) is 15.5. The van der Waals surface area contributed by atoms with Gasteiger partial charge >= 0.3 is 0 Å². The molecular weight excluding hydrogens is 753 g/mol. The third-order valence-corrected chi connectivity index (χ3v) is 12.7. The number of fused-ring (bicyclic) bond motifs is 6. The molecule has 10 aromatic rings. The van der Waals surface area contributed by atoms with E-state index in [1.54, 1.807) is 0 Å². The molecule has 0 saturated carbocycles. The number of nitrogens with zero attached hydrogens (tertiary/aromatic N) is 4. The number of hydrogen-bond donors (Lipinski definition) is 0. The van der Waals surface area contributed by atoms with Crippen LogP contribution < -0.4 is 0 Å². The Morgan fingerprint density at radius 2 is 1.00 bits per heavy atom. The van der Waals surface area contributed by atoms with Crippen LogP contribution in [0.3, 0.4) is 0 Å². The molecule has 7 aromatic carbocycles. The first-order chi connectivity index (χ1) is 30.7. The molecule has 0 bridgehead atoms. The van der Waals surface area contributed by atoms with Crippen molar-refractivity contribution < 1.29 is 0 Å². The number of hydrogen-bond acceptors (Lipinski definition) is 2. The summed E-state index contributed by atoms with van der Waals surface area (Å²) in [4.78, 5) is 10.9. The van der Waals surface area contributed by atoms with Crippen LogP contribution in [0.15, 0.2) is 212 Å². The predicted molar refractivity (Wildman–Crippen MR) is 259 cm³/mol. The summed E-state index contributed by atoms with van der Waals surface area (Å²) in [6, 6.07) is 61.8. The van der Waals surface area contributed by atoms with Crippen LogP contribution in [-0.4, -0.2) is 19.1 Å². The van der Waals surface area contributed by atoms with Crippen molar-refractivity contribution in [1.29, 1.82) is 0 Å². The van der Waals surface area contributed by atoms with Gasteiger partial charge in [-0.25, -0.2) is 9.97 Å². The molecule has 1 unspecified atom stereocenters. The molecule has 2 aliphatic rings. The molecule has 12 rings (SSSR count). The maximum absolute atomic E-state index is 5.51. The van der Waals surface area contributed by atoms with Crippen molar-refractivity contribution in [2.75, 3.05) is 0 Å². The Labute approximate surface area is 360 Å². The van der Waals surface area contributed by atoms with E-state index in [2.05, 4.69) is 222 Å². The van der Waals surface area contributed by atoms with Crippen molar-refractivity contribution >= 4 is 49.2 Å². The van der Waals surface area contributed by atoms with Gasteiger partial charge in [-0.1, -0.05) is 152 Å². The van der Waals surface area contributed by atoms with Gasteiger partial charge in [0.25, 0.3) is 0 Å². The van der Waals surface area contributed by atoms with Crippen molar-refractivity contribution in [3.8, 4) is 45.3 Å². The van der Waals surface area contributed by atoms with E-state index in [9.17, 15) is 0 Å². The fourth-order valence-electron chi connectivity index (χ4n) is 9.73. The normalized spacial score (nSPS) is 15.0. The lowest BCUT2D eigenvalue weighted by Gasteiger charge is -2.17. The van der Waals surface area contributed by atoms with Crippen molar-refractivity contribution in [3.05, 3.63) is 224 Å². The van der Waals surface area contributed by atoms with Crippen LogP contribution in [0, 0.1) is 0 Å². The topological polar surface area (TPSA) is 35.6 Å². The SMILES string of the molecule is C1=CCCC(c2cccc(-c3cc(-c4cc(-n5c6ccccc6c6ccccc65)cc(-n5c6ccccc6c6ccccc65)c4)nc(-c4cccc(C5C=CC=CC5)c4)n3)c2)=C1. The standard InChI is InChI=1S/C58H42N4/c1-3-17-39(18-4-1)41-21-15-23-43(33-41)52-38-53(60-58(59-52)44-24-16-22-42(34-44)40-19-5-2-6-20-40)45-35-46(61-54-29-11-7-25-48(54)49-26-8-12-30-55(49)61)37-47(36-45)62-56-31-13-9-27-50(56)51-28-10-14-32-57(51)62/h1-3,5-17,19,21-38,40H,4,18,20H2. The minimum absolute atomic E-state index is 0.314. The van der Waals surface area contributed by atoms with E-state index in [1.807, 2.05) is 0 Å². The van der Waals surface area contributed by atoms with Crippen LogP contribution in [-0.2, 0) is 0 Å². The van der Waals surface area contributed by atoms with E-state index in [0.717, 1.165) is 80.8 Å². The average molecular weight is 795 g/mol. The summed E-state index contributed by atoms with van der Waals surface area (Å²) in [6.45, 7) is 0. The molecule has 0 N–H and O–H groups in total. The lowest BCUT2D eigenvalue weighted by molar-refractivity contribution is 0.854. The van der Waals surface area contributed by atoms with Gasteiger partial charge in [-0.05, 0) is 96.6 Å². The molecule has 4 heteroatoms. The highest BCUT2D eigenvalue weighted by Gasteiger charge is 2.20. The van der Waals surface area contributed by atoms with Gasteiger partial charge in [0.1, 0.15) is 0 Å². The Hall–Kier alpha value is -7.82. The second kappa shape index (κ2) is 15.0. The van der Waals surface area contributed by atoms with Gasteiger partial charge in [0, 0.05) is 55.5 Å². The minimum atomic E-state index is 0.314. The molecule has 4 nitrogen and oxygen atoms in total. The molecule has 3 heterocycles. The first-order valence-corrected chi connectivity index (χ1v) is 21.7. The molecular formula is C58H42N4. The van der Waals surface area contributed by atoms with Gasteiger partial charge < -0.3 is 9.13 Å². The molecule has 0 spiro atoms. The summed E-state index contributed by atoms with van der Waals surface area (Å²) in [5, 5.41) is 4.91. The molecule has 3 aromatic heterocycles. The first-order valence-electron chi connectivity index (χ1n) is 21.7. The van der Waals surface area contributed by atoms with Crippen LogP contribution in [0.5, 0.6) is 0 Å². The quantitative estimate of drug-likeness (QED) is 0.161. The van der Waals surface area contributed by atoms with Crippen LogP contribution in [0.1, 0.15) is 36.3 Å². The van der Waals surface area contributed by atoms with E-state index in [4.69, 9.17) is 9.97 Å². The Morgan fingerprint density at radius 3 is 1.58 bits per heavy atom. The Morgan fingerprint density at radius 1 is 0.435 bits per heavy atom. The maximum Gasteiger partial charge on any atom is 0.160 e. The number of rotatable bonds is 7. The highest BCUT2D eigenvalue weighted by atomic mass is 15.0. The minimum Gasteiger partial charge on any atom is -0.309 e. The van der Waals surface area contributed by atoms with Crippen LogP contribution >= 0.6 is 0 Å². The molecule has 0 fully saturated rings. The maximum atomic E-state index is 5.51. The summed E-state index contributed by atoms with van der Waals surface area (Å²) in [6.07, 6.45) is 18.5. The number of aromatic nitrogens is 4. The summed E-state index contributed by atoms with van der Waals surface area (Å²) >= 11 is 0. The van der Waals surface area contributed by atoms with E-state index in [0.29, 0.717) is 11.7 Å². The van der Waals surface area contributed by atoms with Gasteiger partial charge in [0.15, 0.2) is 5.82 Å². The fraction of sp³-hybridized carbons (Fsp3) is 0.0690. The van der Waals surface area contributed by atoms with E-state index >= 15 is 0 Å². The lowest BCUT2D eigenvalue weighted by atomic mass is 9.91. The van der Waals surface area contributed by atoms with Crippen LogP contribution in [0.25, 0.3) is 94.5 Å². The zero-order valence-electron chi connectivity index (χ0n) is 34.2. The van der Waals surface area contributed by atoms with Gasteiger partial charge in [-0.3, -0.25) is 0 Å². The summed E-state index contributed by atoms with van der Waals surface area (Å²) in [5.74, 6) is 1.02. The molecule has 1 atom stereocenters. The fourth-order valence-corrected chi connectivity index (χ4v) is 9.73. The smallest absolute Gasteiger partial charge is 0.160 e. The Kier molecular flexibility index (Phi) is 8.74. The molecule has 0 saturated heterocycles. The largest absolute Gasteiger partial charge is 0.309 e.